The second kappa shape index (κ2) is 6.79. The quantitative estimate of drug-likeness (QED) is 0.849. The summed E-state index contributed by atoms with van der Waals surface area (Å²) >= 11 is 12.0. The molecule has 1 aliphatic heterocycles. The largest absolute Gasteiger partial charge is 0.312 e. The molecule has 0 unspecified atom stereocenters. The highest BCUT2D eigenvalue weighted by Gasteiger charge is 2.27. The van der Waals surface area contributed by atoms with E-state index in [2.05, 4.69) is 11.9 Å². The molecule has 1 saturated heterocycles. The molecular weight excluding hydrogens is 295 g/mol. The minimum atomic E-state index is 0.112. The van der Waals surface area contributed by atoms with E-state index in [1.807, 2.05) is 13.0 Å². The molecule has 3 nitrogen and oxygen atoms in total. The number of carbonyl (C=O) groups excluding carboxylic acids is 1. The first kappa shape index (κ1) is 15.6. The monoisotopic (exact) mass is 314 g/mol. The lowest BCUT2D eigenvalue weighted by Gasteiger charge is -2.32. The average Bonchev–Trinajstić information content (AvgIpc) is 2.44. The average molecular weight is 315 g/mol. The summed E-state index contributed by atoms with van der Waals surface area (Å²) in [6.45, 7) is 4.59. The van der Waals surface area contributed by atoms with Gasteiger partial charge in [-0.25, -0.2) is 0 Å². The molecule has 1 heterocycles. The first-order valence-corrected chi connectivity index (χ1v) is 7.73. The van der Waals surface area contributed by atoms with Gasteiger partial charge in [-0.3, -0.25) is 4.79 Å². The van der Waals surface area contributed by atoms with Crippen LogP contribution < -0.4 is 4.90 Å². The van der Waals surface area contributed by atoms with Gasteiger partial charge in [0.05, 0.1) is 10.0 Å². The standard InChI is InChI=1S/C15H20Cl2N2O/c1-3-19(12-4-5-13(16)14(17)10-12)15(20)11-6-8-18(2)9-7-11/h4-5,10-11H,3,6-9H2,1-2H3. The number of piperidine rings is 1. The fourth-order valence-corrected chi connectivity index (χ4v) is 2.89. The van der Waals surface area contributed by atoms with Gasteiger partial charge in [0.15, 0.2) is 0 Å². The van der Waals surface area contributed by atoms with Gasteiger partial charge < -0.3 is 9.80 Å². The zero-order valence-electron chi connectivity index (χ0n) is 11.9. The maximum atomic E-state index is 12.7. The first-order valence-electron chi connectivity index (χ1n) is 6.98. The van der Waals surface area contributed by atoms with E-state index >= 15 is 0 Å². The van der Waals surface area contributed by atoms with E-state index in [0.29, 0.717) is 16.6 Å². The maximum Gasteiger partial charge on any atom is 0.230 e. The van der Waals surface area contributed by atoms with Crippen LogP contribution in [-0.2, 0) is 4.79 Å². The zero-order valence-corrected chi connectivity index (χ0v) is 13.4. The Morgan fingerprint density at radius 3 is 2.50 bits per heavy atom. The van der Waals surface area contributed by atoms with E-state index in [4.69, 9.17) is 23.2 Å². The molecule has 0 bridgehead atoms. The van der Waals surface area contributed by atoms with Crippen LogP contribution in [-0.4, -0.2) is 37.5 Å². The number of nitrogens with zero attached hydrogens (tertiary/aromatic N) is 2. The normalized spacial score (nSPS) is 17.2. The van der Waals surface area contributed by atoms with Crippen LogP contribution in [0.1, 0.15) is 19.8 Å². The summed E-state index contributed by atoms with van der Waals surface area (Å²) in [6, 6.07) is 5.36. The molecule has 2 rings (SSSR count). The van der Waals surface area contributed by atoms with Gasteiger partial charge in [-0.05, 0) is 58.1 Å². The van der Waals surface area contributed by atoms with Crippen LogP contribution in [0.3, 0.4) is 0 Å². The van der Waals surface area contributed by atoms with Crippen molar-refractivity contribution in [1.29, 1.82) is 0 Å². The molecule has 110 valence electrons. The number of amides is 1. The van der Waals surface area contributed by atoms with Crippen molar-refractivity contribution in [2.24, 2.45) is 5.92 Å². The van der Waals surface area contributed by atoms with Gasteiger partial charge in [-0.2, -0.15) is 0 Å². The number of likely N-dealkylation sites (tertiary alicyclic amines) is 1. The van der Waals surface area contributed by atoms with E-state index in [-0.39, 0.29) is 11.8 Å². The Morgan fingerprint density at radius 2 is 1.95 bits per heavy atom. The van der Waals surface area contributed by atoms with E-state index in [1.54, 1.807) is 17.0 Å². The van der Waals surface area contributed by atoms with E-state index in [1.165, 1.54) is 0 Å². The van der Waals surface area contributed by atoms with Crippen molar-refractivity contribution >= 4 is 34.8 Å². The molecule has 0 N–H and O–H groups in total. The molecule has 0 radical (unpaired) electrons. The van der Waals surface area contributed by atoms with E-state index in [0.717, 1.165) is 31.6 Å². The third kappa shape index (κ3) is 3.46. The fourth-order valence-electron chi connectivity index (χ4n) is 2.59. The first-order chi connectivity index (χ1) is 9.52. The number of benzene rings is 1. The van der Waals surface area contributed by atoms with Crippen LogP contribution in [0, 0.1) is 5.92 Å². The second-order valence-corrected chi connectivity index (χ2v) is 6.07. The van der Waals surface area contributed by atoms with Crippen molar-refractivity contribution in [1.82, 2.24) is 4.90 Å². The topological polar surface area (TPSA) is 23.6 Å². The number of rotatable bonds is 3. The molecule has 1 aliphatic rings. The number of hydrogen-bond donors (Lipinski definition) is 0. The van der Waals surface area contributed by atoms with Crippen molar-refractivity contribution in [2.75, 3.05) is 31.6 Å². The molecule has 1 aromatic rings. The molecule has 0 aromatic heterocycles. The molecule has 5 heteroatoms. The highest BCUT2D eigenvalue weighted by molar-refractivity contribution is 6.42. The molecule has 0 spiro atoms. The van der Waals surface area contributed by atoms with Crippen LogP contribution in [0.15, 0.2) is 18.2 Å². The Labute approximate surface area is 130 Å². The van der Waals surface area contributed by atoms with Crippen LogP contribution >= 0.6 is 23.2 Å². The molecule has 0 aliphatic carbocycles. The molecule has 0 saturated carbocycles. The predicted molar refractivity (Wildman–Crippen MR) is 84.7 cm³/mol. The van der Waals surface area contributed by atoms with Crippen molar-refractivity contribution in [3.8, 4) is 0 Å². The van der Waals surface area contributed by atoms with Gasteiger partial charge in [0.25, 0.3) is 0 Å². The molecule has 20 heavy (non-hydrogen) atoms. The third-order valence-corrected chi connectivity index (χ3v) is 4.60. The highest BCUT2D eigenvalue weighted by Crippen LogP contribution is 2.29. The Bertz CT molecular complexity index is 485. The maximum absolute atomic E-state index is 12.7. The number of halogens is 2. The van der Waals surface area contributed by atoms with Crippen LogP contribution in [0.2, 0.25) is 10.0 Å². The number of hydrogen-bond acceptors (Lipinski definition) is 2. The minimum Gasteiger partial charge on any atom is -0.312 e. The van der Waals surface area contributed by atoms with E-state index in [9.17, 15) is 4.79 Å². The molecular formula is C15H20Cl2N2O. The van der Waals surface area contributed by atoms with Gasteiger partial charge >= 0.3 is 0 Å². The Balaban J connectivity index is 2.14. The highest BCUT2D eigenvalue weighted by atomic mass is 35.5. The van der Waals surface area contributed by atoms with Crippen LogP contribution in [0.5, 0.6) is 0 Å². The summed E-state index contributed by atoms with van der Waals surface area (Å²) in [5.74, 6) is 0.305. The van der Waals surface area contributed by atoms with Crippen molar-refractivity contribution in [3.63, 3.8) is 0 Å². The van der Waals surface area contributed by atoms with Gasteiger partial charge in [-0.1, -0.05) is 23.2 Å². The van der Waals surface area contributed by atoms with Crippen molar-refractivity contribution < 1.29 is 4.79 Å². The third-order valence-electron chi connectivity index (χ3n) is 3.86. The number of carbonyl (C=O) groups is 1. The molecule has 1 fully saturated rings. The Kier molecular flexibility index (Phi) is 5.30. The van der Waals surface area contributed by atoms with Crippen molar-refractivity contribution in [3.05, 3.63) is 28.2 Å². The van der Waals surface area contributed by atoms with E-state index < -0.39 is 0 Å². The smallest absolute Gasteiger partial charge is 0.230 e. The summed E-state index contributed by atoms with van der Waals surface area (Å²) in [7, 11) is 2.09. The van der Waals surface area contributed by atoms with Gasteiger partial charge in [0.2, 0.25) is 5.91 Å². The minimum absolute atomic E-state index is 0.112. The molecule has 1 aromatic carbocycles. The summed E-state index contributed by atoms with van der Waals surface area (Å²) in [4.78, 5) is 16.7. The Morgan fingerprint density at radius 1 is 1.30 bits per heavy atom. The summed E-state index contributed by atoms with van der Waals surface area (Å²) in [5.41, 5.74) is 0.825. The Hall–Kier alpha value is -0.770. The molecule has 0 atom stereocenters. The zero-order chi connectivity index (χ0) is 14.7. The van der Waals surface area contributed by atoms with Crippen LogP contribution in [0.4, 0.5) is 5.69 Å². The van der Waals surface area contributed by atoms with Gasteiger partial charge in [-0.15, -0.1) is 0 Å². The summed E-state index contributed by atoms with van der Waals surface area (Å²) in [6.07, 6.45) is 1.85. The summed E-state index contributed by atoms with van der Waals surface area (Å²) < 4.78 is 0. The van der Waals surface area contributed by atoms with Gasteiger partial charge in [0, 0.05) is 18.2 Å². The SMILES string of the molecule is CCN(C(=O)C1CCN(C)CC1)c1ccc(Cl)c(Cl)c1. The van der Waals surface area contributed by atoms with Gasteiger partial charge in [0.1, 0.15) is 0 Å². The lowest BCUT2D eigenvalue weighted by molar-refractivity contribution is -0.123. The fraction of sp³-hybridized carbons (Fsp3) is 0.533. The van der Waals surface area contributed by atoms with Crippen molar-refractivity contribution in [2.45, 2.75) is 19.8 Å². The van der Waals surface area contributed by atoms with Crippen LogP contribution in [0.25, 0.3) is 0 Å². The molecule has 1 amide bonds. The lowest BCUT2D eigenvalue weighted by atomic mass is 9.95. The summed E-state index contributed by atoms with van der Waals surface area (Å²) in [5, 5.41) is 0.997. The lowest BCUT2D eigenvalue weighted by Crippen LogP contribution is -2.41. The predicted octanol–water partition coefficient (Wildman–Crippen LogP) is 3.69. The second-order valence-electron chi connectivity index (χ2n) is 5.26. The number of anilines is 1.